The van der Waals surface area contributed by atoms with Crippen molar-refractivity contribution >= 4 is 17.5 Å². The maximum atomic E-state index is 13.9. The molecule has 1 aromatic heterocycles. The molecular formula is C29H24FN5O4. The molecule has 39 heavy (non-hydrogen) atoms. The van der Waals surface area contributed by atoms with E-state index in [2.05, 4.69) is 17.0 Å². The van der Waals surface area contributed by atoms with Crippen LogP contribution in [0.1, 0.15) is 32.7 Å². The molecule has 0 spiro atoms. The van der Waals surface area contributed by atoms with Crippen LogP contribution in [0, 0.1) is 15.9 Å². The van der Waals surface area contributed by atoms with Crippen molar-refractivity contribution in [2.45, 2.75) is 25.9 Å². The van der Waals surface area contributed by atoms with Crippen LogP contribution < -0.4 is 9.64 Å². The molecule has 0 saturated carbocycles. The van der Waals surface area contributed by atoms with Gasteiger partial charge in [0.2, 0.25) is 11.8 Å². The summed E-state index contributed by atoms with van der Waals surface area (Å²) in [6.07, 6.45) is 1.35. The summed E-state index contributed by atoms with van der Waals surface area (Å²) in [5, 5.41) is 11.0. The van der Waals surface area contributed by atoms with Crippen LogP contribution in [0.15, 0.2) is 72.8 Å². The van der Waals surface area contributed by atoms with E-state index in [9.17, 15) is 19.3 Å². The van der Waals surface area contributed by atoms with E-state index >= 15 is 0 Å². The van der Waals surface area contributed by atoms with E-state index in [0.29, 0.717) is 42.3 Å². The maximum Gasteiger partial charge on any atom is 0.269 e. The van der Waals surface area contributed by atoms with Gasteiger partial charge in [0, 0.05) is 49.8 Å². The van der Waals surface area contributed by atoms with E-state index in [1.54, 1.807) is 17.0 Å². The zero-order valence-corrected chi connectivity index (χ0v) is 20.9. The number of carbonyl (C=O) groups is 1. The number of hydrogen-bond donors (Lipinski definition) is 0. The Morgan fingerprint density at radius 3 is 2.49 bits per heavy atom. The minimum Gasteiger partial charge on any atom is -0.438 e. The van der Waals surface area contributed by atoms with Crippen LogP contribution in [0.2, 0.25) is 0 Å². The number of fused-ring (bicyclic) bond motifs is 2. The molecule has 0 unspecified atom stereocenters. The van der Waals surface area contributed by atoms with Gasteiger partial charge in [0.15, 0.2) is 0 Å². The summed E-state index contributed by atoms with van der Waals surface area (Å²) < 4.78 is 20.0. The molecule has 0 aliphatic carbocycles. The summed E-state index contributed by atoms with van der Waals surface area (Å²) in [6.45, 7) is 2.03. The van der Waals surface area contributed by atoms with Gasteiger partial charge < -0.3 is 14.5 Å². The van der Waals surface area contributed by atoms with Crippen molar-refractivity contribution in [3.63, 3.8) is 0 Å². The number of ether oxygens (including phenoxy) is 1. The summed E-state index contributed by atoms with van der Waals surface area (Å²) in [4.78, 5) is 37.1. The molecule has 4 aromatic rings. The van der Waals surface area contributed by atoms with Crippen molar-refractivity contribution < 1.29 is 18.8 Å². The number of nitro benzene ring substituents is 1. The van der Waals surface area contributed by atoms with Crippen LogP contribution in [-0.2, 0) is 25.9 Å². The SMILES string of the molecule is O=C(c1ccc([N+](=O)[O-])cc1)N1CCc2nc(N3CCc4ccccc4C3)nc(Oc3cccc(F)c3)c2C1. The monoisotopic (exact) mass is 525 g/mol. The number of carbonyl (C=O) groups excluding carboxylic acids is 1. The second-order valence-electron chi connectivity index (χ2n) is 9.53. The van der Waals surface area contributed by atoms with Crippen molar-refractivity contribution in [2.24, 2.45) is 0 Å². The molecule has 6 rings (SSSR count). The molecular weight excluding hydrogens is 501 g/mol. The third-order valence-electron chi connectivity index (χ3n) is 7.05. The molecule has 3 heterocycles. The fraction of sp³-hybridized carbons (Fsp3) is 0.207. The zero-order valence-electron chi connectivity index (χ0n) is 20.9. The van der Waals surface area contributed by atoms with E-state index in [0.717, 1.165) is 18.7 Å². The number of hydrogen-bond acceptors (Lipinski definition) is 7. The predicted octanol–water partition coefficient (Wildman–Crippen LogP) is 5.08. The molecule has 0 fully saturated rings. The van der Waals surface area contributed by atoms with Crippen LogP contribution in [0.25, 0.3) is 0 Å². The summed E-state index contributed by atoms with van der Waals surface area (Å²) in [5.74, 6) is 0.414. The van der Waals surface area contributed by atoms with Crippen molar-refractivity contribution in [1.82, 2.24) is 14.9 Å². The Morgan fingerprint density at radius 1 is 0.923 bits per heavy atom. The lowest BCUT2D eigenvalue weighted by molar-refractivity contribution is -0.384. The highest BCUT2D eigenvalue weighted by Crippen LogP contribution is 2.33. The molecule has 2 aliphatic heterocycles. The Kier molecular flexibility index (Phi) is 6.36. The Hall–Kier alpha value is -4.86. The number of halogens is 1. The average Bonchev–Trinajstić information content (AvgIpc) is 2.96. The minimum atomic E-state index is -0.503. The van der Waals surface area contributed by atoms with Gasteiger partial charge in [-0.25, -0.2) is 9.37 Å². The fourth-order valence-corrected chi connectivity index (χ4v) is 4.99. The van der Waals surface area contributed by atoms with Crippen molar-refractivity contribution in [3.8, 4) is 11.6 Å². The summed E-state index contributed by atoms with van der Waals surface area (Å²) in [7, 11) is 0. The second-order valence-corrected chi connectivity index (χ2v) is 9.53. The van der Waals surface area contributed by atoms with Gasteiger partial charge in [-0.1, -0.05) is 30.3 Å². The quantitative estimate of drug-likeness (QED) is 0.265. The molecule has 9 nitrogen and oxygen atoms in total. The van der Waals surface area contributed by atoms with Gasteiger partial charge in [-0.15, -0.1) is 0 Å². The molecule has 0 bridgehead atoms. The highest BCUT2D eigenvalue weighted by Gasteiger charge is 2.29. The first-order valence-corrected chi connectivity index (χ1v) is 12.6. The summed E-state index contributed by atoms with van der Waals surface area (Å²) >= 11 is 0. The molecule has 196 valence electrons. The largest absolute Gasteiger partial charge is 0.438 e. The van der Waals surface area contributed by atoms with E-state index in [1.807, 2.05) is 12.1 Å². The van der Waals surface area contributed by atoms with Gasteiger partial charge in [-0.2, -0.15) is 4.98 Å². The normalized spacial score (nSPS) is 14.4. The Labute approximate surface area is 223 Å². The molecule has 1 amide bonds. The van der Waals surface area contributed by atoms with E-state index in [-0.39, 0.29) is 24.0 Å². The average molecular weight is 526 g/mol. The van der Waals surface area contributed by atoms with Gasteiger partial charge in [0.05, 0.1) is 22.7 Å². The van der Waals surface area contributed by atoms with Crippen molar-refractivity contribution in [1.29, 1.82) is 0 Å². The fourth-order valence-electron chi connectivity index (χ4n) is 4.99. The number of rotatable bonds is 5. The van der Waals surface area contributed by atoms with E-state index < -0.39 is 10.7 Å². The molecule has 3 aromatic carbocycles. The lowest BCUT2D eigenvalue weighted by Crippen LogP contribution is -2.37. The molecule has 0 N–H and O–H groups in total. The molecule has 0 saturated heterocycles. The molecule has 10 heteroatoms. The Balaban J connectivity index is 1.32. The molecule has 0 atom stereocenters. The number of aromatic nitrogens is 2. The topological polar surface area (TPSA) is 102 Å². The number of non-ortho nitro benzene ring substituents is 1. The van der Waals surface area contributed by atoms with E-state index in [4.69, 9.17) is 14.7 Å². The number of nitrogens with zero attached hydrogens (tertiary/aromatic N) is 5. The van der Waals surface area contributed by atoms with Crippen LogP contribution in [-0.4, -0.2) is 38.8 Å². The van der Waals surface area contributed by atoms with Gasteiger partial charge in [-0.05, 0) is 41.8 Å². The third-order valence-corrected chi connectivity index (χ3v) is 7.05. The number of nitro groups is 1. The van der Waals surface area contributed by atoms with Crippen LogP contribution >= 0.6 is 0 Å². The molecule has 2 aliphatic rings. The van der Waals surface area contributed by atoms with Crippen LogP contribution in [0.5, 0.6) is 11.6 Å². The standard InChI is InChI=1S/C29H24FN5O4/c30-22-6-3-7-24(16-22)39-27-25-18-33(28(36)20-8-10-23(11-9-20)35(37)38)15-13-26(25)31-29(32-27)34-14-12-19-4-1-2-5-21(19)17-34/h1-11,16H,12-15,17-18H2. The van der Waals surface area contributed by atoms with Crippen LogP contribution in [0.3, 0.4) is 0 Å². The number of benzene rings is 3. The van der Waals surface area contributed by atoms with E-state index in [1.165, 1.54) is 47.5 Å². The number of amides is 1. The van der Waals surface area contributed by atoms with Gasteiger partial charge >= 0.3 is 0 Å². The first-order valence-electron chi connectivity index (χ1n) is 12.6. The summed E-state index contributed by atoms with van der Waals surface area (Å²) in [6, 6.07) is 19.7. The van der Waals surface area contributed by atoms with Gasteiger partial charge in [0.25, 0.3) is 11.6 Å². The Bertz CT molecular complexity index is 1580. The third kappa shape index (κ3) is 5.00. The zero-order chi connectivity index (χ0) is 26.9. The second kappa shape index (κ2) is 10.1. The number of anilines is 1. The van der Waals surface area contributed by atoms with Crippen molar-refractivity contribution in [3.05, 3.63) is 117 Å². The van der Waals surface area contributed by atoms with Crippen molar-refractivity contribution in [2.75, 3.05) is 18.0 Å². The predicted molar refractivity (Wildman–Crippen MR) is 141 cm³/mol. The maximum absolute atomic E-state index is 13.9. The first-order chi connectivity index (χ1) is 18.9. The highest BCUT2D eigenvalue weighted by atomic mass is 19.1. The minimum absolute atomic E-state index is 0.0809. The Morgan fingerprint density at radius 2 is 1.72 bits per heavy atom. The van der Waals surface area contributed by atoms with Crippen LogP contribution in [0.4, 0.5) is 16.0 Å². The molecule has 0 radical (unpaired) electrons. The van der Waals surface area contributed by atoms with Gasteiger partial charge in [0.1, 0.15) is 11.6 Å². The highest BCUT2D eigenvalue weighted by molar-refractivity contribution is 5.94. The summed E-state index contributed by atoms with van der Waals surface area (Å²) in [5.41, 5.74) is 4.23. The first kappa shape index (κ1) is 24.5. The lowest BCUT2D eigenvalue weighted by Gasteiger charge is -2.32. The van der Waals surface area contributed by atoms with Gasteiger partial charge in [-0.3, -0.25) is 14.9 Å². The lowest BCUT2D eigenvalue weighted by atomic mass is 10.0. The smallest absolute Gasteiger partial charge is 0.269 e.